The van der Waals surface area contributed by atoms with Gasteiger partial charge < -0.3 is 5.11 Å². The molecule has 1 heterocycles. The third-order valence-corrected chi connectivity index (χ3v) is 7.70. The number of rotatable bonds is 10. The fourth-order valence-corrected chi connectivity index (χ4v) is 6.30. The normalized spacial score (nSPS) is 18.8. The van der Waals surface area contributed by atoms with E-state index in [2.05, 4.69) is 72.8 Å². The maximum absolute atomic E-state index is 11.9. The Morgan fingerprint density at radius 2 is 1.61 bits per heavy atom. The Hall–Kier alpha value is -1.79. The van der Waals surface area contributed by atoms with E-state index in [9.17, 15) is 9.90 Å². The van der Waals surface area contributed by atoms with Gasteiger partial charge in [-0.3, -0.25) is 14.6 Å². The van der Waals surface area contributed by atoms with Crippen LogP contribution in [0.5, 0.6) is 0 Å². The van der Waals surface area contributed by atoms with Crippen LogP contribution in [0.1, 0.15) is 44.2 Å². The summed E-state index contributed by atoms with van der Waals surface area (Å²) in [6, 6.07) is 20.8. The molecule has 1 atom stereocenters. The molecule has 3 rings (SSSR count). The van der Waals surface area contributed by atoms with Crippen molar-refractivity contribution in [2.45, 2.75) is 65.8 Å². The fourth-order valence-electron chi connectivity index (χ4n) is 4.75. The van der Waals surface area contributed by atoms with Crippen LogP contribution in [-0.4, -0.2) is 54.8 Å². The number of ketones is 1. The molecule has 2 aromatic rings. The molecule has 4 nitrogen and oxygen atoms in total. The number of carbonyl (C=O) groups excluding carboxylic acids is 1. The minimum atomic E-state index is -1.13. The Balaban J connectivity index is 0.000000238. The van der Waals surface area contributed by atoms with Gasteiger partial charge in [-0.05, 0) is 43.6 Å². The van der Waals surface area contributed by atoms with E-state index in [1.165, 1.54) is 11.1 Å². The molecule has 0 aliphatic carbocycles. The van der Waals surface area contributed by atoms with Crippen molar-refractivity contribution < 1.29 is 9.90 Å². The molecule has 0 radical (unpaired) electrons. The van der Waals surface area contributed by atoms with Crippen molar-refractivity contribution in [1.82, 2.24) is 9.80 Å². The molecule has 0 aromatic heterocycles. The van der Waals surface area contributed by atoms with Crippen LogP contribution in [0.25, 0.3) is 0 Å². The highest BCUT2D eigenvalue weighted by atomic mass is 28.3. The minimum absolute atomic E-state index is 0.0659. The van der Waals surface area contributed by atoms with Crippen LogP contribution in [0.15, 0.2) is 60.7 Å². The van der Waals surface area contributed by atoms with Crippen molar-refractivity contribution in [2.75, 3.05) is 26.0 Å². The van der Waals surface area contributed by atoms with Crippen molar-refractivity contribution in [3.05, 3.63) is 71.8 Å². The summed E-state index contributed by atoms with van der Waals surface area (Å²) in [6.45, 7) is 14.9. The number of hydrogen-bond acceptors (Lipinski definition) is 4. The topological polar surface area (TPSA) is 43.8 Å². The first-order valence-electron chi connectivity index (χ1n) is 12.3. The smallest absolute Gasteiger partial charge is 0.137 e. The second kappa shape index (κ2) is 13.2. The molecular formula is C28H44N2O2Si. The molecule has 0 spiro atoms. The van der Waals surface area contributed by atoms with E-state index < -0.39 is 8.07 Å². The molecular weight excluding hydrogens is 424 g/mol. The maximum atomic E-state index is 11.9. The molecule has 1 unspecified atom stereocenters. The number of benzene rings is 2. The van der Waals surface area contributed by atoms with Crippen LogP contribution >= 0.6 is 0 Å². The molecule has 1 fully saturated rings. The fraction of sp³-hybridized carbons (Fsp3) is 0.536. The van der Waals surface area contributed by atoms with E-state index in [4.69, 9.17) is 0 Å². The predicted octanol–water partition coefficient (Wildman–Crippen LogP) is 5.58. The maximum Gasteiger partial charge on any atom is 0.137 e. The van der Waals surface area contributed by atoms with E-state index in [0.29, 0.717) is 5.78 Å². The number of carbonyl (C=O) groups is 1. The molecule has 2 aromatic carbocycles. The van der Waals surface area contributed by atoms with Gasteiger partial charge in [-0.15, -0.1) is 0 Å². The van der Waals surface area contributed by atoms with Crippen molar-refractivity contribution in [2.24, 2.45) is 5.41 Å². The number of hydrogen-bond donors (Lipinski definition) is 1. The van der Waals surface area contributed by atoms with Gasteiger partial charge >= 0.3 is 0 Å². The number of nitrogens with zero attached hydrogens (tertiary/aromatic N) is 2. The zero-order valence-corrected chi connectivity index (χ0v) is 22.4. The molecule has 182 valence electrons. The Labute approximate surface area is 202 Å². The molecule has 0 amide bonds. The van der Waals surface area contributed by atoms with E-state index in [-0.39, 0.29) is 12.1 Å². The number of Topliss-reactive ketones (excluding diaryl/α,β-unsaturated/α-hetero) is 1. The van der Waals surface area contributed by atoms with Gasteiger partial charge in [-0.25, -0.2) is 0 Å². The van der Waals surface area contributed by atoms with Crippen molar-refractivity contribution in [3.63, 3.8) is 0 Å². The van der Waals surface area contributed by atoms with Gasteiger partial charge in [-0.1, -0.05) is 93.6 Å². The van der Waals surface area contributed by atoms with Gasteiger partial charge in [0.25, 0.3) is 0 Å². The van der Waals surface area contributed by atoms with E-state index >= 15 is 0 Å². The van der Waals surface area contributed by atoms with Crippen LogP contribution in [0, 0.1) is 5.41 Å². The summed E-state index contributed by atoms with van der Waals surface area (Å²) in [4.78, 5) is 16.5. The van der Waals surface area contributed by atoms with Gasteiger partial charge in [0.05, 0.1) is 14.8 Å². The van der Waals surface area contributed by atoms with Crippen molar-refractivity contribution in [1.29, 1.82) is 0 Å². The molecule has 0 saturated carbocycles. The number of aliphatic hydroxyl groups is 1. The Morgan fingerprint density at radius 3 is 2.09 bits per heavy atom. The molecule has 1 aliphatic rings. The average molecular weight is 469 g/mol. The van der Waals surface area contributed by atoms with Crippen LogP contribution < -0.4 is 0 Å². The summed E-state index contributed by atoms with van der Waals surface area (Å²) in [5.41, 5.74) is 2.54. The lowest BCUT2D eigenvalue weighted by Crippen LogP contribution is -2.40. The highest BCUT2D eigenvalue weighted by Gasteiger charge is 2.40. The molecule has 5 heteroatoms. The Morgan fingerprint density at radius 1 is 1.03 bits per heavy atom. The highest BCUT2D eigenvalue weighted by molar-refractivity contribution is 6.76. The lowest BCUT2D eigenvalue weighted by molar-refractivity contribution is -0.126. The predicted molar refractivity (Wildman–Crippen MR) is 142 cm³/mol. The molecule has 33 heavy (non-hydrogen) atoms. The van der Waals surface area contributed by atoms with E-state index in [1.807, 2.05) is 24.3 Å². The summed E-state index contributed by atoms with van der Waals surface area (Å²) >= 11 is 0. The molecule has 1 N–H and O–H groups in total. The monoisotopic (exact) mass is 468 g/mol. The first-order valence-corrected chi connectivity index (χ1v) is 16.0. The first-order chi connectivity index (χ1) is 15.7. The van der Waals surface area contributed by atoms with Gasteiger partial charge in [0.1, 0.15) is 5.78 Å². The SMILES string of the molecule is CCCC1(C(C)=O)CCN(Cc2ccccc2)C1.C[Si](C)(C)CN(CO)Cc1ccccc1. The highest BCUT2D eigenvalue weighted by Crippen LogP contribution is 2.36. The van der Waals surface area contributed by atoms with Crippen LogP contribution in [0.3, 0.4) is 0 Å². The van der Waals surface area contributed by atoms with Crippen LogP contribution in [0.4, 0.5) is 0 Å². The average Bonchev–Trinajstić information content (AvgIpc) is 3.18. The number of likely N-dealkylation sites (tertiary alicyclic amines) is 1. The molecule has 1 aliphatic heterocycles. The van der Waals surface area contributed by atoms with E-state index in [0.717, 1.165) is 51.6 Å². The lowest BCUT2D eigenvalue weighted by atomic mass is 9.79. The standard InChI is InChI=1S/C16H23NO.C12H21NOSi/c1-3-9-16(14(2)18)10-11-17(13-16)12-15-7-5-4-6-8-15;1-15(2,3)11-13(10-14)9-12-7-5-4-6-8-12/h4-8H,3,9-13H2,1-2H3;4-8,14H,9-11H2,1-3H3. The largest absolute Gasteiger partial charge is 0.381 e. The minimum Gasteiger partial charge on any atom is -0.381 e. The van der Waals surface area contributed by atoms with Crippen molar-refractivity contribution >= 4 is 13.9 Å². The van der Waals surface area contributed by atoms with Gasteiger partial charge in [0.2, 0.25) is 0 Å². The van der Waals surface area contributed by atoms with Gasteiger partial charge in [0, 0.05) is 25.0 Å². The van der Waals surface area contributed by atoms with Crippen molar-refractivity contribution in [3.8, 4) is 0 Å². The van der Waals surface area contributed by atoms with Gasteiger partial charge in [-0.2, -0.15) is 0 Å². The summed E-state index contributed by atoms with van der Waals surface area (Å²) in [5, 5.41) is 9.30. The van der Waals surface area contributed by atoms with E-state index in [1.54, 1.807) is 6.92 Å². The lowest BCUT2D eigenvalue weighted by Gasteiger charge is -2.26. The molecule has 1 saturated heterocycles. The summed E-state index contributed by atoms with van der Waals surface area (Å²) < 4.78 is 0. The number of aliphatic hydroxyl groups excluding tert-OH is 1. The van der Waals surface area contributed by atoms with Crippen LogP contribution in [0.2, 0.25) is 19.6 Å². The summed E-state index contributed by atoms with van der Waals surface area (Å²) in [5.74, 6) is 0.375. The van der Waals surface area contributed by atoms with Gasteiger partial charge in [0.15, 0.2) is 0 Å². The zero-order valence-electron chi connectivity index (χ0n) is 21.4. The Kier molecular flexibility index (Phi) is 11.0. The summed E-state index contributed by atoms with van der Waals surface area (Å²) in [6.07, 6.45) is 4.20. The third kappa shape index (κ3) is 9.53. The second-order valence-corrected chi connectivity index (χ2v) is 16.1. The first kappa shape index (κ1) is 27.5. The Bertz CT molecular complexity index is 823. The van der Waals surface area contributed by atoms with Crippen LogP contribution in [-0.2, 0) is 17.9 Å². The quantitative estimate of drug-likeness (QED) is 0.365. The zero-order chi connectivity index (χ0) is 24.3. The third-order valence-electron chi connectivity index (χ3n) is 6.30. The summed E-state index contributed by atoms with van der Waals surface area (Å²) in [7, 11) is -1.13. The second-order valence-electron chi connectivity index (χ2n) is 10.7. The molecule has 0 bridgehead atoms.